The van der Waals surface area contributed by atoms with Gasteiger partial charge in [0, 0.05) is 20.2 Å². The maximum atomic E-state index is 13.2. The molecule has 0 amide bonds. The van der Waals surface area contributed by atoms with Gasteiger partial charge in [0.1, 0.15) is 17.5 Å². The number of anilines is 1. The monoisotopic (exact) mass is 245 g/mol. The number of rotatable bonds is 1. The van der Waals surface area contributed by atoms with Gasteiger partial charge in [-0.1, -0.05) is 0 Å². The van der Waals surface area contributed by atoms with E-state index in [2.05, 4.69) is 10.1 Å². The lowest BCUT2D eigenvalue weighted by atomic mass is 10.3. The third kappa shape index (κ3) is 1.38. The molecule has 3 rings (SSSR count). The van der Waals surface area contributed by atoms with E-state index in [0.29, 0.717) is 17.2 Å². The van der Waals surface area contributed by atoms with Crippen LogP contribution in [0.4, 0.5) is 10.2 Å². The molecule has 0 bridgehead atoms. The fraction of sp³-hybridized carbons (Fsp3) is 0.167. The molecule has 92 valence electrons. The predicted octanol–water partition coefficient (Wildman–Crippen LogP) is 1.70. The van der Waals surface area contributed by atoms with Crippen molar-refractivity contribution < 1.29 is 4.39 Å². The summed E-state index contributed by atoms with van der Waals surface area (Å²) in [5, 5.41) is 4.09. The number of nitrogens with zero attached hydrogens (tertiary/aromatic N) is 4. The average Bonchev–Trinajstić information content (AvgIpc) is 2.82. The lowest BCUT2D eigenvalue weighted by Crippen LogP contribution is -2.00. The van der Waals surface area contributed by atoms with Crippen molar-refractivity contribution in [2.45, 2.75) is 0 Å². The van der Waals surface area contributed by atoms with Gasteiger partial charge in [0.25, 0.3) is 0 Å². The summed E-state index contributed by atoms with van der Waals surface area (Å²) >= 11 is 0. The number of nitrogen functional groups attached to an aromatic ring is 1. The Balaban J connectivity index is 2.30. The van der Waals surface area contributed by atoms with E-state index >= 15 is 0 Å². The number of hydrogen-bond donors (Lipinski definition) is 1. The molecule has 6 heteroatoms. The Kier molecular flexibility index (Phi) is 2.13. The highest BCUT2D eigenvalue weighted by Gasteiger charge is 2.15. The van der Waals surface area contributed by atoms with Gasteiger partial charge < -0.3 is 10.3 Å². The summed E-state index contributed by atoms with van der Waals surface area (Å²) in [6.45, 7) is 0. The highest BCUT2D eigenvalue weighted by molar-refractivity contribution is 5.82. The lowest BCUT2D eigenvalue weighted by Gasteiger charge is -2.01. The van der Waals surface area contributed by atoms with Crippen LogP contribution < -0.4 is 5.73 Å². The molecule has 0 radical (unpaired) electrons. The third-order valence-corrected chi connectivity index (χ3v) is 3.07. The van der Waals surface area contributed by atoms with Crippen molar-refractivity contribution >= 4 is 16.9 Å². The minimum absolute atomic E-state index is 0.300. The lowest BCUT2D eigenvalue weighted by molar-refractivity contribution is 0.629. The Bertz CT molecular complexity index is 740. The van der Waals surface area contributed by atoms with Crippen LogP contribution in [-0.2, 0) is 14.1 Å². The topological polar surface area (TPSA) is 61.7 Å². The number of benzene rings is 1. The van der Waals surface area contributed by atoms with Crippen LogP contribution in [0, 0.1) is 5.82 Å². The first-order valence-electron chi connectivity index (χ1n) is 5.48. The first kappa shape index (κ1) is 10.8. The molecule has 0 saturated heterocycles. The minimum atomic E-state index is -0.300. The zero-order valence-electron chi connectivity index (χ0n) is 10.1. The normalized spacial score (nSPS) is 11.3. The summed E-state index contributed by atoms with van der Waals surface area (Å²) in [7, 11) is 3.64. The van der Waals surface area contributed by atoms with Gasteiger partial charge >= 0.3 is 0 Å². The summed E-state index contributed by atoms with van der Waals surface area (Å²) in [5.41, 5.74) is 8.14. The zero-order chi connectivity index (χ0) is 12.9. The van der Waals surface area contributed by atoms with E-state index in [1.807, 2.05) is 11.6 Å². The number of fused-ring (bicyclic) bond motifs is 1. The Hall–Kier alpha value is -2.37. The second-order valence-electron chi connectivity index (χ2n) is 4.19. The molecule has 0 unspecified atom stereocenters. The molecule has 2 heterocycles. The predicted molar refractivity (Wildman–Crippen MR) is 67.3 cm³/mol. The molecule has 2 aromatic heterocycles. The minimum Gasteiger partial charge on any atom is -0.383 e. The SMILES string of the molecule is Cn1ncc(-c2nc3cc(F)ccc3n2C)c1N. The van der Waals surface area contributed by atoms with Gasteiger partial charge in [0.15, 0.2) is 0 Å². The number of nitrogens with two attached hydrogens (primary N) is 1. The zero-order valence-corrected chi connectivity index (χ0v) is 10.1. The van der Waals surface area contributed by atoms with Gasteiger partial charge in [0.05, 0.1) is 22.8 Å². The summed E-state index contributed by atoms with van der Waals surface area (Å²) in [6, 6.07) is 4.53. The van der Waals surface area contributed by atoms with Crippen molar-refractivity contribution in [1.82, 2.24) is 19.3 Å². The number of halogens is 1. The molecule has 0 spiro atoms. The van der Waals surface area contributed by atoms with Crippen LogP contribution in [0.2, 0.25) is 0 Å². The fourth-order valence-electron chi connectivity index (χ4n) is 2.03. The number of imidazole rings is 1. The summed E-state index contributed by atoms with van der Waals surface area (Å²) in [6.07, 6.45) is 1.66. The second kappa shape index (κ2) is 3.56. The van der Waals surface area contributed by atoms with Crippen LogP contribution in [0.15, 0.2) is 24.4 Å². The highest BCUT2D eigenvalue weighted by Crippen LogP contribution is 2.27. The molecule has 3 aromatic rings. The maximum Gasteiger partial charge on any atom is 0.146 e. The van der Waals surface area contributed by atoms with Gasteiger partial charge in [-0.15, -0.1) is 0 Å². The molecule has 0 aliphatic carbocycles. The highest BCUT2D eigenvalue weighted by atomic mass is 19.1. The van der Waals surface area contributed by atoms with Gasteiger partial charge in [0.2, 0.25) is 0 Å². The molecule has 0 fully saturated rings. The summed E-state index contributed by atoms with van der Waals surface area (Å²) in [4.78, 5) is 4.41. The molecular formula is C12H12FN5. The van der Waals surface area contributed by atoms with Crippen LogP contribution in [0.25, 0.3) is 22.4 Å². The van der Waals surface area contributed by atoms with E-state index in [-0.39, 0.29) is 5.82 Å². The molecule has 5 nitrogen and oxygen atoms in total. The van der Waals surface area contributed by atoms with Crippen LogP contribution in [0.3, 0.4) is 0 Å². The summed E-state index contributed by atoms with van der Waals surface area (Å²) < 4.78 is 16.6. The molecule has 0 aliphatic rings. The Morgan fingerprint density at radius 2 is 2.06 bits per heavy atom. The molecule has 2 N–H and O–H groups in total. The number of aromatic nitrogens is 4. The first-order chi connectivity index (χ1) is 8.58. The fourth-order valence-corrected chi connectivity index (χ4v) is 2.03. The maximum absolute atomic E-state index is 13.2. The largest absolute Gasteiger partial charge is 0.383 e. The van der Waals surface area contributed by atoms with Gasteiger partial charge in [-0.05, 0) is 12.1 Å². The van der Waals surface area contributed by atoms with Crippen LogP contribution in [0.5, 0.6) is 0 Å². The molecule has 0 atom stereocenters. The van der Waals surface area contributed by atoms with Crippen molar-refractivity contribution in [3.63, 3.8) is 0 Å². The van der Waals surface area contributed by atoms with Crippen LogP contribution in [-0.4, -0.2) is 19.3 Å². The van der Waals surface area contributed by atoms with Crippen molar-refractivity contribution in [1.29, 1.82) is 0 Å². The van der Waals surface area contributed by atoms with E-state index in [9.17, 15) is 4.39 Å². The van der Waals surface area contributed by atoms with Gasteiger partial charge in [-0.25, -0.2) is 9.37 Å². The van der Waals surface area contributed by atoms with Gasteiger partial charge in [-0.3, -0.25) is 4.68 Å². The Morgan fingerprint density at radius 3 is 2.72 bits per heavy atom. The molecule has 1 aromatic carbocycles. The summed E-state index contributed by atoms with van der Waals surface area (Å²) in [5.74, 6) is 0.918. The third-order valence-electron chi connectivity index (χ3n) is 3.07. The quantitative estimate of drug-likeness (QED) is 0.709. The Labute approximate surface area is 103 Å². The molecule has 0 aliphatic heterocycles. The van der Waals surface area contributed by atoms with Crippen molar-refractivity contribution in [3.05, 3.63) is 30.2 Å². The van der Waals surface area contributed by atoms with Crippen LogP contribution in [0.1, 0.15) is 0 Å². The Morgan fingerprint density at radius 1 is 1.28 bits per heavy atom. The molecule has 0 saturated carbocycles. The smallest absolute Gasteiger partial charge is 0.146 e. The molecule has 18 heavy (non-hydrogen) atoms. The average molecular weight is 245 g/mol. The van der Waals surface area contributed by atoms with Crippen molar-refractivity contribution in [2.75, 3.05) is 5.73 Å². The van der Waals surface area contributed by atoms with Gasteiger partial charge in [-0.2, -0.15) is 5.10 Å². The van der Waals surface area contributed by atoms with Crippen LogP contribution >= 0.6 is 0 Å². The first-order valence-corrected chi connectivity index (χ1v) is 5.48. The van der Waals surface area contributed by atoms with E-state index in [0.717, 1.165) is 11.1 Å². The second-order valence-corrected chi connectivity index (χ2v) is 4.19. The standard InChI is InChI=1S/C12H12FN5/c1-17-10-4-3-7(13)5-9(10)16-12(17)8-6-15-18(2)11(8)14/h3-6H,14H2,1-2H3. The van der Waals surface area contributed by atoms with Crippen molar-refractivity contribution in [3.8, 4) is 11.4 Å². The number of aryl methyl sites for hydroxylation is 2. The van der Waals surface area contributed by atoms with Crippen molar-refractivity contribution in [2.24, 2.45) is 14.1 Å². The molecular weight excluding hydrogens is 233 g/mol. The van der Waals surface area contributed by atoms with E-state index < -0.39 is 0 Å². The number of hydrogen-bond acceptors (Lipinski definition) is 3. The van der Waals surface area contributed by atoms with E-state index in [4.69, 9.17) is 5.73 Å². The van der Waals surface area contributed by atoms with E-state index in [1.165, 1.54) is 12.1 Å². The van der Waals surface area contributed by atoms with E-state index in [1.54, 1.807) is 24.0 Å².